The molecule has 0 saturated heterocycles. The van der Waals surface area contributed by atoms with Gasteiger partial charge < -0.3 is 10.4 Å². The molecule has 1 rings (SSSR count). The fourth-order valence-electron chi connectivity index (χ4n) is 2.05. The van der Waals surface area contributed by atoms with Crippen molar-refractivity contribution < 1.29 is 9.90 Å². The molecule has 0 bridgehead atoms. The average molecular weight is 249 g/mol. The molecule has 18 heavy (non-hydrogen) atoms. The Hall–Kier alpha value is -1.35. The van der Waals surface area contributed by atoms with E-state index in [1.165, 1.54) is 11.1 Å². The van der Waals surface area contributed by atoms with Gasteiger partial charge >= 0.3 is 5.97 Å². The molecule has 1 aromatic rings. The summed E-state index contributed by atoms with van der Waals surface area (Å²) in [5.41, 5.74) is 2.52. The van der Waals surface area contributed by atoms with Crippen LogP contribution in [0, 0.1) is 5.92 Å². The molecule has 0 aliphatic carbocycles. The number of nitrogens with one attached hydrogen (secondary N) is 1. The molecule has 0 amide bonds. The molecular weight excluding hydrogens is 226 g/mol. The van der Waals surface area contributed by atoms with E-state index < -0.39 is 5.97 Å². The van der Waals surface area contributed by atoms with E-state index in [-0.39, 0.29) is 12.5 Å². The minimum absolute atomic E-state index is 0.00144. The van der Waals surface area contributed by atoms with Crippen LogP contribution >= 0.6 is 0 Å². The van der Waals surface area contributed by atoms with Crippen molar-refractivity contribution in [2.45, 2.75) is 39.2 Å². The van der Waals surface area contributed by atoms with Crippen LogP contribution in [0.25, 0.3) is 0 Å². The quantitative estimate of drug-likeness (QED) is 0.780. The summed E-state index contributed by atoms with van der Waals surface area (Å²) in [6, 6.07) is 8.48. The lowest BCUT2D eigenvalue weighted by atomic mass is 9.98. The molecule has 1 atom stereocenters. The first-order valence-electron chi connectivity index (χ1n) is 6.48. The highest BCUT2D eigenvalue weighted by Gasteiger charge is 2.11. The normalized spacial score (nSPS) is 12.7. The van der Waals surface area contributed by atoms with E-state index in [9.17, 15) is 4.79 Å². The third-order valence-corrected chi connectivity index (χ3v) is 2.98. The lowest BCUT2D eigenvalue weighted by molar-refractivity contribution is -0.137. The van der Waals surface area contributed by atoms with Gasteiger partial charge in [-0.1, -0.05) is 38.1 Å². The Labute approximate surface area is 109 Å². The maximum absolute atomic E-state index is 10.7. The lowest BCUT2D eigenvalue weighted by Gasteiger charge is -2.14. The minimum Gasteiger partial charge on any atom is -0.481 e. The molecule has 2 N–H and O–H groups in total. The maximum Gasteiger partial charge on any atom is 0.304 e. The first kappa shape index (κ1) is 14.7. The van der Waals surface area contributed by atoms with Gasteiger partial charge in [0.1, 0.15) is 0 Å². The fourth-order valence-corrected chi connectivity index (χ4v) is 2.05. The highest BCUT2D eigenvalue weighted by Crippen LogP contribution is 2.12. The van der Waals surface area contributed by atoms with Crippen LogP contribution in [0.3, 0.4) is 0 Å². The van der Waals surface area contributed by atoms with E-state index in [4.69, 9.17) is 5.11 Å². The predicted octanol–water partition coefficient (Wildman–Crippen LogP) is 2.49. The third-order valence-electron chi connectivity index (χ3n) is 2.98. The second-order valence-electron chi connectivity index (χ2n) is 5.20. The summed E-state index contributed by atoms with van der Waals surface area (Å²) in [6.07, 6.45) is 2.00. The number of rotatable bonds is 7. The average Bonchev–Trinajstić information content (AvgIpc) is 2.29. The molecule has 100 valence electrons. The highest BCUT2D eigenvalue weighted by atomic mass is 16.4. The molecule has 0 spiro atoms. The first-order valence-corrected chi connectivity index (χ1v) is 6.48. The van der Waals surface area contributed by atoms with Gasteiger partial charge in [-0.15, -0.1) is 0 Å². The van der Waals surface area contributed by atoms with E-state index in [2.05, 4.69) is 43.4 Å². The van der Waals surface area contributed by atoms with Gasteiger partial charge in [-0.25, -0.2) is 0 Å². The molecular formula is C15H23NO2. The van der Waals surface area contributed by atoms with Crippen LogP contribution in [0.2, 0.25) is 0 Å². The van der Waals surface area contributed by atoms with Crippen LogP contribution in [-0.2, 0) is 17.6 Å². The lowest BCUT2D eigenvalue weighted by Crippen LogP contribution is -2.30. The predicted molar refractivity (Wildman–Crippen MR) is 73.8 cm³/mol. The summed E-state index contributed by atoms with van der Waals surface area (Å²) in [6.45, 7) is 4.41. The van der Waals surface area contributed by atoms with Gasteiger partial charge in [0.15, 0.2) is 0 Å². The van der Waals surface area contributed by atoms with E-state index in [0.717, 1.165) is 12.8 Å². The molecule has 0 saturated carbocycles. The molecule has 3 nitrogen and oxygen atoms in total. The van der Waals surface area contributed by atoms with Gasteiger partial charge in [-0.05, 0) is 36.9 Å². The van der Waals surface area contributed by atoms with E-state index >= 15 is 0 Å². The second kappa shape index (κ2) is 7.17. The number of benzene rings is 1. The molecule has 0 aliphatic rings. The van der Waals surface area contributed by atoms with E-state index in [1.807, 2.05) is 0 Å². The first-order chi connectivity index (χ1) is 8.51. The number of carbonyl (C=O) groups is 1. The molecule has 3 heteroatoms. The van der Waals surface area contributed by atoms with Crippen LogP contribution < -0.4 is 5.32 Å². The van der Waals surface area contributed by atoms with Gasteiger partial charge in [-0.2, -0.15) is 0 Å². The number of carboxylic acid groups (broad SMARTS) is 1. The van der Waals surface area contributed by atoms with Gasteiger partial charge in [0, 0.05) is 6.04 Å². The summed E-state index contributed by atoms with van der Waals surface area (Å²) >= 11 is 0. The molecule has 0 aromatic heterocycles. The third kappa shape index (κ3) is 5.32. The molecule has 1 unspecified atom stereocenters. The zero-order valence-corrected chi connectivity index (χ0v) is 11.4. The van der Waals surface area contributed by atoms with Gasteiger partial charge in [0.2, 0.25) is 0 Å². The molecule has 0 fully saturated rings. The van der Waals surface area contributed by atoms with E-state index in [0.29, 0.717) is 5.92 Å². The molecule has 0 radical (unpaired) electrons. The Balaban J connectivity index is 2.59. The van der Waals surface area contributed by atoms with Crippen molar-refractivity contribution in [2.24, 2.45) is 5.92 Å². The summed E-state index contributed by atoms with van der Waals surface area (Å²) in [5.74, 6) is -0.0984. The summed E-state index contributed by atoms with van der Waals surface area (Å²) in [7, 11) is 1.81. The summed E-state index contributed by atoms with van der Waals surface area (Å²) in [4.78, 5) is 10.7. The van der Waals surface area contributed by atoms with Crippen molar-refractivity contribution in [1.82, 2.24) is 5.32 Å². The standard InChI is InChI=1S/C15H23NO2/c1-11(2)8-12-4-6-13(7-5-12)9-14(16-3)10-15(17)18/h4-7,11,14,16H,8-10H2,1-3H3,(H,17,18). The number of likely N-dealkylation sites (N-methyl/N-ethyl adjacent to an activating group) is 1. The number of aliphatic carboxylic acids is 1. The monoisotopic (exact) mass is 249 g/mol. The Bertz CT molecular complexity index is 371. The number of carboxylic acids is 1. The van der Waals surface area contributed by atoms with Gasteiger partial charge in [0.25, 0.3) is 0 Å². The second-order valence-corrected chi connectivity index (χ2v) is 5.20. The van der Waals surface area contributed by atoms with Crippen molar-refractivity contribution in [1.29, 1.82) is 0 Å². The van der Waals surface area contributed by atoms with Crippen molar-refractivity contribution >= 4 is 5.97 Å². The highest BCUT2D eigenvalue weighted by molar-refractivity contribution is 5.67. The smallest absolute Gasteiger partial charge is 0.304 e. The van der Waals surface area contributed by atoms with Crippen LogP contribution in [0.4, 0.5) is 0 Å². The van der Waals surface area contributed by atoms with Crippen LogP contribution in [0.5, 0.6) is 0 Å². The van der Waals surface area contributed by atoms with Gasteiger partial charge in [-0.3, -0.25) is 4.79 Å². The molecule has 0 aliphatic heterocycles. The van der Waals surface area contributed by atoms with Crippen molar-refractivity contribution in [3.8, 4) is 0 Å². The van der Waals surface area contributed by atoms with Crippen LogP contribution in [-0.4, -0.2) is 24.2 Å². The summed E-state index contributed by atoms with van der Waals surface area (Å²) < 4.78 is 0. The van der Waals surface area contributed by atoms with Crippen molar-refractivity contribution in [2.75, 3.05) is 7.05 Å². The molecule has 0 heterocycles. The van der Waals surface area contributed by atoms with Crippen LogP contribution in [0.15, 0.2) is 24.3 Å². The Kier molecular flexibility index (Phi) is 5.86. The Morgan fingerprint density at radius 1 is 1.17 bits per heavy atom. The van der Waals surface area contributed by atoms with Crippen molar-refractivity contribution in [3.63, 3.8) is 0 Å². The number of hydrogen-bond donors (Lipinski definition) is 2. The Morgan fingerprint density at radius 2 is 1.67 bits per heavy atom. The molecule has 1 aromatic carbocycles. The fraction of sp³-hybridized carbons (Fsp3) is 0.533. The number of hydrogen-bond acceptors (Lipinski definition) is 2. The Morgan fingerprint density at radius 3 is 2.06 bits per heavy atom. The zero-order valence-electron chi connectivity index (χ0n) is 11.4. The van der Waals surface area contributed by atoms with Gasteiger partial charge in [0.05, 0.1) is 6.42 Å². The van der Waals surface area contributed by atoms with Crippen molar-refractivity contribution in [3.05, 3.63) is 35.4 Å². The van der Waals surface area contributed by atoms with E-state index in [1.54, 1.807) is 7.05 Å². The maximum atomic E-state index is 10.7. The zero-order chi connectivity index (χ0) is 13.5. The largest absolute Gasteiger partial charge is 0.481 e. The van der Waals surface area contributed by atoms with Crippen LogP contribution in [0.1, 0.15) is 31.4 Å². The SMILES string of the molecule is CNC(CC(=O)O)Cc1ccc(CC(C)C)cc1. The minimum atomic E-state index is -0.759. The summed E-state index contributed by atoms with van der Waals surface area (Å²) in [5, 5.41) is 11.8. The topological polar surface area (TPSA) is 49.3 Å².